The number of benzene rings is 1. The first-order chi connectivity index (χ1) is 11.5. The number of carbonyl (C=O) groups is 2. The molecule has 2 amide bonds. The van der Waals surface area contributed by atoms with E-state index in [-0.39, 0.29) is 33.5 Å². The van der Waals surface area contributed by atoms with Crippen molar-refractivity contribution < 1.29 is 14.0 Å². The number of nitrogens with one attached hydrogen (secondary N) is 1. The molecule has 1 N–H and O–H groups in total. The van der Waals surface area contributed by atoms with Gasteiger partial charge >= 0.3 is 0 Å². The van der Waals surface area contributed by atoms with E-state index in [0.29, 0.717) is 26.2 Å². The molecule has 2 saturated heterocycles. The molecule has 0 spiro atoms. The van der Waals surface area contributed by atoms with Crippen molar-refractivity contribution >= 4 is 35.0 Å². The number of rotatable bonds is 2. The van der Waals surface area contributed by atoms with E-state index in [2.05, 4.69) is 5.32 Å². The van der Waals surface area contributed by atoms with E-state index in [0.717, 1.165) is 25.5 Å². The Morgan fingerprint density at radius 2 is 2.04 bits per heavy atom. The van der Waals surface area contributed by atoms with Crippen LogP contribution >= 0.6 is 23.2 Å². The summed E-state index contributed by atoms with van der Waals surface area (Å²) in [7, 11) is 0. The highest BCUT2D eigenvalue weighted by molar-refractivity contribution is 6.36. The van der Waals surface area contributed by atoms with Crippen LogP contribution < -0.4 is 5.32 Å². The second-order valence-corrected chi connectivity index (χ2v) is 6.87. The first kappa shape index (κ1) is 17.5. The molecule has 0 aromatic heterocycles. The molecule has 1 unspecified atom stereocenters. The highest BCUT2D eigenvalue weighted by Gasteiger charge is 2.32. The number of halogens is 3. The SMILES string of the molecule is O=C(c1cc(F)c(Cl)cc1Cl)N1CCCC(N2CCNCC2=O)C1. The number of nitrogens with zero attached hydrogens (tertiary/aromatic N) is 2. The first-order valence-electron chi connectivity index (χ1n) is 7.91. The molecule has 3 rings (SSSR count). The summed E-state index contributed by atoms with van der Waals surface area (Å²) in [6, 6.07) is 2.31. The van der Waals surface area contributed by atoms with Crippen molar-refractivity contribution in [1.29, 1.82) is 0 Å². The quantitative estimate of drug-likeness (QED) is 0.808. The van der Waals surface area contributed by atoms with E-state index in [4.69, 9.17) is 23.2 Å². The second-order valence-electron chi connectivity index (χ2n) is 6.06. The average molecular weight is 374 g/mol. The van der Waals surface area contributed by atoms with E-state index in [1.165, 1.54) is 6.07 Å². The third kappa shape index (κ3) is 3.50. The van der Waals surface area contributed by atoms with Crippen LogP contribution in [-0.2, 0) is 4.79 Å². The molecule has 2 aliphatic heterocycles. The summed E-state index contributed by atoms with van der Waals surface area (Å²) in [5, 5.41) is 3.06. The zero-order valence-corrected chi connectivity index (χ0v) is 14.5. The van der Waals surface area contributed by atoms with Crippen molar-refractivity contribution in [2.24, 2.45) is 0 Å². The Kier molecular flexibility index (Phi) is 5.27. The highest BCUT2D eigenvalue weighted by Crippen LogP contribution is 2.27. The molecule has 1 aromatic rings. The minimum absolute atomic E-state index is 0.00628. The zero-order chi connectivity index (χ0) is 17.3. The van der Waals surface area contributed by atoms with Crippen molar-refractivity contribution in [1.82, 2.24) is 15.1 Å². The fourth-order valence-electron chi connectivity index (χ4n) is 3.26. The van der Waals surface area contributed by atoms with Gasteiger partial charge in [-0.1, -0.05) is 23.2 Å². The Morgan fingerprint density at radius 1 is 1.25 bits per heavy atom. The maximum absolute atomic E-state index is 13.7. The van der Waals surface area contributed by atoms with Crippen LogP contribution in [0.1, 0.15) is 23.2 Å². The Labute approximate surface area is 149 Å². The predicted molar refractivity (Wildman–Crippen MR) is 89.9 cm³/mol. The second kappa shape index (κ2) is 7.25. The number of hydrogen-bond donors (Lipinski definition) is 1. The monoisotopic (exact) mass is 373 g/mol. The molecular weight excluding hydrogens is 356 g/mol. The van der Waals surface area contributed by atoms with Gasteiger partial charge in [-0.2, -0.15) is 0 Å². The molecule has 2 aliphatic rings. The number of carbonyl (C=O) groups excluding carboxylic acids is 2. The summed E-state index contributed by atoms with van der Waals surface area (Å²) in [4.78, 5) is 28.2. The maximum Gasteiger partial charge on any atom is 0.255 e. The predicted octanol–water partition coefficient (Wildman–Crippen LogP) is 2.17. The van der Waals surface area contributed by atoms with Gasteiger partial charge in [0.1, 0.15) is 5.82 Å². The van der Waals surface area contributed by atoms with Crippen molar-refractivity contribution in [2.75, 3.05) is 32.7 Å². The fourth-order valence-corrected chi connectivity index (χ4v) is 3.72. The molecule has 8 heteroatoms. The third-order valence-electron chi connectivity index (χ3n) is 4.49. The van der Waals surface area contributed by atoms with Gasteiger partial charge in [0.25, 0.3) is 5.91 Å². The van der Waals surface area contributed by atoms with E-state index in [1.54, 1.807) is 4.90 Å². The topological polar surface area (TPSA) is 52.7 Å². The third-order valence-corrected chi connectivity index (χ3v) is 5.09. The molecule has 0 bridgehead atoms. The van der Waals surface area contributed by atoms with Gasteiger partial charge in [0.05, 0.1) is 22.2 Å². The van der Waals surface area contributed by atoms with E-state index in [9.17, 15) is 14.0 Å². The lowest BCUT2D eigenvalue weighted by molar-refractivity contribution is -0.135. The smallest absolute Gasteiger partial charge is 0.255 e. The number of amides is 2. The van der Waals surface area contributed by atoms with Gasteiger partial charge in [0.15, 0.2) is 0 Å². The maximum atomic E-state index is 13.7. The van der Waals surface area contributed by atoms with Crippen molar-refractivity contribution in [3.8, 4) is 0 Å². The lowest BCUT2D eigenvalue weighted by atomic mass is 10.0. The normalized spacial score (nSPS) is 22.0. The lowest BCUT2D eigenvalue weighted by Gasteiger charge is -2.41. The van der Waals surface area contributed by atoms with Crippen molar-refractivity contribution in [3.05, 3.63) is 33.6 Å². The number of piperazine rings is 1. The van der Waals surface area contributed by atoms with Crippen LogP contribution in [0.2, 0.25) is 10.0 Å². The van der Waals surface area contributed by atoms with Gasteiger partial charge in [-0.15, -0.1) is 0 Å². The Hall–Kier alpha value is -1.37. The summed E-state index contributed by atoms with van der Waals surface area (Å²) >= 11 is 11.7. The van der Waals surface area contributed by atoms with Gasteiger partial charge < -0.3 is 15.1 Å². The number of piperidine rings is 1. The Balaban J connectivity index is 1.76. The molecule has 5 nitrogen and oxygen atoms in total. The average Bonchev–Trinajstić information content (AvgIpc) is 2.58. The van der Waals surface area contributed by atoms with Gasteiger partial charge in [0.2, 0.25) is 5.91 Å². The van der Waals surface area contributed by atoms with Crippen LogP contribution in [0.25, 0.3) is 0 Å². The molecular formula is C16H18Cl2FN3O2. The Bertz CT molecular complexity index is 671. The fraction of sp³-hybridized carbons (Fsp3) is 0.500. The number of hydrogen-bond acceptors (Lipinski definition) is 3. The summed E-state index contributed by atoms with van der Waals surface area (Å²) in [6.45, 7) is 2.73. The molecule has 0 aliphatic carbocycles. The van der Waals surface area contributed by atoms with Gasteiger partial charge in [-0.05, 0) is 25.0 Å². The summed E-state index contributed by atoms with van der Waals surface area (Å²) < 4.78 is 13.7. The van der Waals surface area contributed by atoms with Crippen molar-refractivity contribution in [2.45, 2.75) is 18.9 Å². The highest BCUT2D eigenvalue weighted by atomic mass is 35.5. The lowest BCUT2D eigenvalue weighted by Crippen LogP contribution is -2.57. The van der Waals surface area contributed by atoms with Gasteiger partial charge in [-0.3, -0.25) is 9.59 Å². The molecule has 2 heterocycles. The van der Waals surface area contributed by atoms with Crippen LogP contribution in [0.3, 0.4) is 0 Å². The molecule has 24 heavy (non-hydrogen) atoms. The van der Waals surface area contributed by atoms with Crippen LogP contribution in [0.15, 0.2) is 12.1 Å². The first-order valence-corrected chi connectivity index (χ1v) is 8.67. The van der Waals surface area contributed by atoms with Crippen LogP contribution in [-0.4, -0.2) is 60.4 Å². The van der Waals surface area contributed by atoms with Crippen molar-refractivity contribution in [3.63, 3.8) is 0 Å². The molecule has 2 fully saturated rings. The standard InChI is InChI=1S/C16H18Cl2FN3O2/c17-12-7-13(18)14(19)6-11(12)16(24)21-4-1-2-10(9-21)22-5-3-20-8-15(22)23/h6-7,10,20H,1-5,8-9H2. The van der Waals surface area contributed by atoms with Crippen LogP contribution in [0.5, 0.6) is 0 Å². The number of likely N-dealkylation sites (tertiary alicyclic amines) is 1. The largest absolute Gasteiger partial charge is 0.337 e. The molecule has 0 saturated carbocycles. The van der Waals surface area contributed by atoms with Crippen LogP contribution in [0, 0.1) is 5.82 Å². The van der Waals surface area contributed by atoms with E-state index < -0.39 is 5.82 Å². The molecule has 0 radical (unpaired) electrons. The molecule has 1 atom stereocenters. The van der Waals surface area contributed by atoms with Gasteiger partial charge in [0, 0.05) is 32.2 Å². The summed E-state index contributed by atoms with van der Waals surface area (Å²) in [5.74, 6) is -0.950. The minimum atomic E-state index is -0.671. The molecule has 1 aromatic carbocycles. The summed E-state index contributed by atoms with van der Waals surface area (Å²) in [6.07, 6.45) is 1.65. The Morgan fingerprint density at radius 3 is 2.79 bits per heavy atom. The van der Waals surface area contributed by atoms with Crippen LogP contribution in [0.4, 0.5) is 4.39 Å². The van der Waals surface area contributed by atoms with E-state index >= 15 is 0 Å². The minimum Gasteiger partial charge on any atom is -0.337 e. The molecule has 130 valence electrons. The summed E-state index contributed by atoms with van der Waals surface area (Å²) in [5.41, 5.74) is 0.103. The zero-order valence-electron chi connectivity index (χ0n) is 13.0. The van der Waals surface area contributed by atoms with E-state index in [1.807, 2.05) is 4.90 Å². The van der Waals surface area contributed by atoms with Gasteiger partial charge in [-0.25, -0.2) is 4.39 Å².